The fourth-order valence-corrected chi connectivity index (χ4v) is 3.32. The maximum atomic E-state index is 12.6. The predicted octanol–water partition coefficient (Wildman–Crippen LogP) is 5.45. The minimum Gasteiger partial charge on any atom is -0.299 e. The number of fused-ring (bicyclic) bond motifs is 1. The zero-order valence-corrected chi connectivity index (χ0v) is 13.8. The monoisotopic (exact) mass is 302 g/mol. The Kier molecular flexibility index (Phi) is 4.57. The van der Waals surface area contributed by atoms with Crippen LogP contribution in [0.1, 0.15) is 36.0 Å². The molecule has 23 heavy (non-hydrogen) atoms. The molecule has 0 N–H and O–H groups in total. The SMILES string of the molecule is Cc1ccccc1C(C)CC(=O)Cc1cccc2ccccc12. The molecule has 1 heteroatoms. The van der Waals surface area contributed by atoms with Gasteiger partial charge in [0, 0.05) is 12.8 Å². The van der Waals surface area contributed by atoms with Crippen LogP contribution in [0.4, 0.5) is 0 Å². The van der Waals surface area contributed by atoms with Crippen LogP contribution in [0.3, 0.4) is 0 Å². The third kappa shape index (κ3) is 3.50. The van der Waals surface area contributed by atoms with Crippen LogP contribution < -0.4 is 0 Å². The first-order valence-corrected chi connectivity index (χ1v) is 8.19. The summed E-state index contributed by atoms with van der Waals surface area (Å²) < 4.78 is 0. The number of hydrogen-bond donors (Lipinski definition) is 0. The first-order chi connectivity index (χ1) is 11.1. The van der Waals surface area contributed by atoms with E-state index in [1.807, 2.05) is 30.3 Å². The molecule has 0 saturated heterocycles. The summed E-state index contributed by atoms with van der Waals surface area (Å²) in [5, 5.41) is 2.39. The van der Waals surface area contributed by atoms with E-state index in [4.69, 9.17) is 0 Å². The van der Waals surface area contributed by atoms with Gasteiger partial charge in [0.2, 0.25) is 0 Å². The van der Waals surface area contributed by atoms with Crippen molar-refractivity contribution >= 4 is 16.6 Å². The van der Waals surface area contributed by atoms with E-state index >= 15 is 0 Å². The summed E-state index contributed by atoms with van der Waals surface area (Å²) in [6.07, 6.45) is 1.10. The van der Waals surface area contributed by atoms with Gasteiger partial charge in [-0.3, -0.25) is 4.79 Å². The number of carbonyl (C=O) groups is 1. The van der Waals surface area contributed by atoms with Crippen molar-refractivity contribution in [2.75, 3.05) is 0 Å². The lowest BCUT2D eigenvalue weighted by Gasteiger charge is -2.14. The summed E-state index contributed by atoms with van der Waals surface area (Å²) in [5.74, 6) is 0.566. The second-order valence-corrected chi connectivity index (χ2v) is 6.32. The number of ketones is 1. The molecule has 0 aromatic heterocycles. The van der Waals surface area contributed by atoms with E-state index in [0.29, 0.717) is 18.6 Å². The lowest BCUT2D eigenvalue weighted by molar-refractivity contribution is -0.118. The molecule has 0 heterocycles. The molecule has 116 valence electrons. The number of aryl methyl sites for hydroxylation is 1. The molecule has 1 unspecified atom stereocenters. The Balaban J connectivity index is 1.75. The number of hydrogen-bond acceptors (Lipinski definition) is 1. The second-order valence-electron chi connectivity index (χ2n) is 6.32. The van der Waals surface area contributed by atoms with Crippen LogP contribution in [-0.4, -0.2) is 5.78 Å². The van der Waals surface area contributed by atoms with E-state index in [9.17, 15) is 4.79 Å². The van der Waals surface area contributed by atoms with Crippen molar-refractivity contribution in [1.82, 2.24) is 0 Å². The lowest BCUT2D eigenvalue weighted by Crippen LogP contribution is -2.08. The molecule has 0 spiro atoms. The zero-order valence-electron chi connectivity index (χ0n) is 13.8. The molecule has 0 bridgehead atoms. The topological polar surface area (TPSA) is 17.1 Å². The van der Waals surface area contributed by atoms with Crippen molar-refractivity contribution in [3.8, 4) is 0 Å². The van der Waals surface area contributed by atoms with Gasteiger partial charge in [-0.15, -0.1) is 0 Å². The van der Waals surface area contributed by atoms with Gasteiger partial charge >= 0.3 is 0 Å². The third-order valence-corrected chi connectivity index (χ3v) is 4.52. The van der Waals surface area contributed by atoms with Gasteiger partial charge in [-0.2, -0.15) is 0 Å². The largest absolute Gasteiger partial charge is 0.299 e. The highest BCUT2D eigenvalue weighted by atomic mass is 16.1. The van der Waals surface area contributed by atoms with Crippen LogP contribution in [0.15, 0.2) is 66.7 Å². The second kappa shape index (κ2) is 6.78. The number of Topliss-reactive ketones (excluding diaryl/α,β-unsaturated/α-hetero) is 1. The van der Waals surface area contributed by atoms with Crippen LogP contribution in [-0.2, 0) is 11.2 Å². The van der Waals surface area contributed by atoms with Gasteiger partial charge in [0.25, 0.3) is 0 Å². The van der Waals surface area contributed by atoms with E-state index in [1.165, 1.54) is 21.9 Å². The van der Waals surface area contributed by atoms with Crippen LogP contribution in [0.25, 0.3) is 10.8 Å². The van der Waals surface area contributed by atoms with E-state index in [0.717, 1.165) is 5.56 Å². The predicted molar refractivity (Wildman–Crippen MR) is 96.9 cm³/mol. The average Bonchev–Trinajstić information content (AvgIpc) is 2.55. The molecule has 1 atom stereocenters. The van der Waals surface area contributed by atoms with Gasteiger partial charge in [0.1, 0.15) is 5.78 Å². The molecule has 3 aromatic rings. The molecule has 0 amide bonds. The maximum absolute atomic E-state index is 12.6. The van der Waals surface area contributed by atoms with Crippen molar-refractivity contribution < 1.29 is 4.79 Å². The van der Waals surface area contributed by atoms with Crippen LogP contribution >= 0.6 is 0 Å². The summed E-state index contributed by atoms with van der Waals surface area (Å²) in [7, 11) is 0. The smallest absolute Gasteiger partial charge is 0.137 e. The molecule has 1 nitrogen and oxygen atoms in total. The van der Waals surface area contributed by atoms with Gasteiger partial charge in [0.15, 0.2) is 0 Å². The normalized spacial score (nSPS) is 12.3. The van der Waals surface area contributed by atoms with Crippen LogP contribution in [0.5, 0.6) is 0 Å². The molecule has 0 fully saturated rings. The molecule has 3 rings (SSSR count). The number of benzene rings is 3. The van der Waals surface area contributed by atoms with Crippen molar-refractivity contribution in [1.29, 1.82) is 0 Å². The summed E-state index contributed by atoms with van der Waals surface area (Å²) in [6.45, 7) is 4.25. The van der Waals surface area contributed by atoms with Crippen molar-refractivity contribution in [3.05, 3.63) is 83.4 Å². The van der Waals surface area contributed by atoms with Gasteiger partial charge in [-0.1, -0.05) is 73.7 Å². The van der Waals surface area contributed by atoms with Gasteiger partial charge in [-0.05, 0) is 40.3 Å². The highest BCUT2D eigenvalue weighted by Crippen LogP contribution is 2.25. The molecular formula is C22H22O. The molecule has 0 aliphatic carbocycles. The average molecular weight is 302 g/mol. The third-order valence-electron chi connectivity index (χ3n) is 4.52. The standard InChI is InChI=1S/C22H22O/c1-16-8-3-5-12-21(16)17(2)14-20(23)15-19-11-7-10-18-9-4-6-13-22(18)19/h3-13,17H,14-15H2,1-2H3. The number of carbonyl (C=O) groups excluding carboxylic acids is 1. The molecule has 0 saturated carbocycles. The maximum Gasteiger partial charge on any atom is 0.137 e. The van der Waals surface area contributed by atoms with E-state index < -0.39 is 0 Å². The van der Waals surface area contributed by atoms with Crippen LogP contribution in [0.2, 0.25) is 0 Å². The Morgan fingerprint density at radius 2 is 1.61 bits per heavy atom. The van der Waals surface area contributed by atoms with Gasteiger partial charge in [-0.25, -0.2) is 0 Å². The summed E-state index contributed by atoms with van der Waals surface area (Å²) in [6, 6.07) is 22.8. The zero-order chi connectivity index (χ0) is 16.2. The molecule has 0 aliphatic heterocycles. The Labute approximate surface area is 138 Å². The van der Waals surface area contributed by atoms with E-state index in [2.05, 4.69) is 50.2 Å². The Bertz CT molecular complexity index is 827. The first kappa shape index (κ1) is 15.5. The molecule has 0 radical (unpaired) electrons. The molecule has 3 aromatic carbocycles. The molecular weight excluding hydrogens is 280 g/mol. The Morgan fingerprint density at radius 1 is 0.913 bits per heavy atom. The fourth-order valence-electron chi connectivity index (χ4n) is 3.32. The molecule has 0 aliphatic rings. The summed E-state index contributed by atoms with van der Waals surface area (Å²) in [4.78, 5) is 12.6. The highest BCUT2D eigenvalue weighted by molar-refractivity contribution is 5.91. The summed E-state index contributed by atoms with van der Waals surface area (Å²) >= 11 is 0. The van der Waals surface area contributed by atoms with Crippen molar-refractivity contribution in [2.45, 2.75) is 32.6 Å². The Morgan fingerprint density at radius 3 is 2.43 bits per heavy atom. The fraction of sp³-hybridized carbons (Fsp3) is 0.227. The Hall–Kier alpha value is -2.41. The van der Waals surface area contributed by atoms with Crippen molar-refractivity contribution in [3.63, 3.8) is 0 Å². The summed E-state index contributed by atoms with van der Waals surface area (Å²) in [5.41, 5.74) is 3.67. The van der Waals surface area contributed by atoms with Crippen LogP contribution in [0, 0.1) is 6.92 Å². The number of rotatable bonds is 5. The minimum atomic E-state index is 0.263. The van der Waals surface area contributed by atoms with Gasteiger partial charge in [0.05, 0.1) is 0 Å². The lowest BCUT2D eigenvalue weighted by atomic mass is 9.90. The highest BCUT2D eigenvalue weighted by Gasteiger charge is 2.14. The minimum absolute atomic E-state index is 0.263. The van der Waals surface area contributed by atoms with Crippen molar-refractivity contribution in [2.24, 2.45) is 0 Å². The van der Waals surface area contributed by atoms with E-state index in [1.54, 1.807) is 0 Å². The van der Waals surface area contributed by atoms with E-state index in [-0.39, 0.29) is 5.92 Å². The quantitative estimate of drug-likeness (QED) is 0.612. The van der Waals surface area contributed by atoms with Gasteiger partial charge < -0.3 is 0 Å². The first-order valence-electron chi connectivity index (χ1n) is 8.19.